The molecule has 8 heteroatoms. The molecule has 0 saturated carbocycles. The second-order valence-corrected chi connectivity index (χ2v) is 9.18. The molecule has 2 unspecified atom stereocenters. The summed E-state index contributed by atoms with van der Waals surface area (Å²) in [6.45, 7) is 2.02. The van der Waals surface area contributed by atoms with Crippen LogP contribution < -0.4 is 9.47 Å². The lowest BCUT2D eigenvalue weighted by Crippen LogP contribution is -2.08. The summed E-state index contributed by atoms with van der Waals surface area (Å²) in [7, 11) is 3.38. The molecule has 2 heterocycles. The average Bonchev–Trinajstić information content (AvgIpc) is 3.41. The summed E-state index contributed by atoms with van der Waals surface area (Å²) >= 11 is 1.65. The number of tetrazole rings is 1. The van der Waals surface area contributed by atoms with Gasteiger partial charge in [0.1, 0.15) is 23.1 Å². The predicted octanol–water partition coefficient (Wildman–Crippen LogP) is 6.54. The molecule has 0 radical (unpaired) electrons. The highest BCUT2D eigenvalue weighted by Gasteiger charge is 2.26. The number of rotatable bonds is 6. The molecule has 1 aliphatic rings. The van der Waals surface area contributed by atoms with Crippen molar-refractivity contribution in [3.8, 4) is 17.2 Å². The maximum Gasteiger partial charge on any atom is 0.197 e. The van der Waals surface area contributed by atoms with E-state index in [-0.39, 0.29) is 17.7 Å². The van der Waals surface area contributed by atoms with Gasteiger partial charge in [0.15, 0.2) is 5.82 Å². The van der Waals surface area contributed by atoms with Crippen LogP contribution in [0.1, 0.15) is 29.1 Å². The largest absolute Gasteiger partial charge is 0.497 e. The molecule has 2 aromatic heterocycles. The highest BCUT2D eigenvalue weighted by Crippen LogP contribution is 2.48. The van der Waals surface area contributed by atoms with Crippen LogP contribution in [0.3, 0.4) is 0 Å². The second-order valence-electron chi connectivity index (χ2n) is 8.09. The van der Waals surface area contributed by atoms with Crippen LogP contribution in [0.4, 0.5) is 4.39 Å². The van der Waals surface area contributed by atoms with Crippen molar-refractivity contribution in [2.45, 2.75) is 12.8 Å². The first-order valence-corrected chi connectivity index (χ1v) is 11.7. The van der Waals surface area contributed by atoms with Gasteiger partial charge in [-0.15, -0.1) is 21.5 Å². The maximum atomic E-state index is 13.8. The SMILES string of the molecule is COc1ccc2c(Oc3ccc(/C=C/c4nnn(C)n4)cc3)c(C3C=CC(F)=CC3C)sc2c1. The van der Waals surface area contributed by atoms with Crippen molar-refractivity contribution in [3.05, 3.63) is 82.8 Å². The third kappa shape index (κ3) is 4.49. The molecule has 0 saturated heterocycles. The van der Waals surface area contributed by atoms with E-state index in [4.69, 9.17) is 9.47 Å². The second kappa shape index (κ2) is 9.23. The van der Waals surface area contributed by atoms with E-state index in [1.165, 1.54) is 10.9 Å². The van der Waals surface area contributed by atoms with Gasteiger partial charge in [-0.3, -0.25) is 0 Å². The number of thiophene rings is 1. The molecular weight excluding hydrogens is 451 g/mol. The van der Waals surface area contributed by atoms with E-state index in [0.717, 1.165) is 37.8 Å². The van der Waals surface area contributed by atoms with Crippen LogP contribution in [0.25, 0.3) is 22.2 Å². The van der Waals surface area contributed by atoms with Crippen LogP contribution in [0.5, 0.6) is 17.2 Å². The third-order valence-electron chi connectivity index (χ3n) is 5.68. The summed E-state index contributed by atoms with van der Waals surface area (Å²) in [5, 5.41) is 12.9. The van der Waals surface area contributed by atoms with E-state index in [1.807, 2.05) is 67.6 Å². The molecule has 4 aromatic rings. The molecule has 1 aliphatic carbocycles. The van der Waals surface area contributed by atoms with Gasteiger partial charge in [0.2, 0.25) is 0 Å². The minimum absolute atomic E-state index is 0.0181. The Morgan fingerprint density at radius 2 is 1.88 bits per heavy atom. The van der Waals surface area contributed by atoms with Crippen molar-refractivity contribution in [1.82, 2.24) is 20.2 Å². The number of ether oxygens (including phenoxy) is 2. The zero-order valence-electron chi connectivity index (χ0n) is 19.0. The number of allylic oxidation sites excluding steroid dienone is 4. The quantitative estimate of drug-likeness (QED) is 0.318. The average molecular weight is 475 g/mol. The van der Waals surface area contributed by atoms with Crippen LogP contribution in [-0.2, 0) is 7.05 Å². The minimum Gasteiger partial charge on any atom is -0.497 e. The fraction of sp³-hybridized carbons (Fsp3) is 0.192. The molecule has 34 heavy (non-hydrogen) atoms. The molecular formula is C26H23FN4O2S. The predicted molar refractivity (Wildman–Crippen MR) is 133 cm³/mol. The molecule has 0 fully saturated rings. The fourth-order valence-corrected chi connectivity index (χ4v) is 5.29. The zero-order chi connectivity index (χ0) is 23.7. The molecule has 0 N–H and O–H groups in total. The lowest BCUT2D eigenvalue weighted by atomic mass is 9.88. The fourth-order valence-electron chi connectivity index (χ4n) is 3.93. The zero-order valence-corrected chi connectivity index (χ0v) is 19.8. The molecule has 0 spiro atoms. The normalized spacial score (nSPS) is 17.9. The van der Waals surface area contributed by atoms with Gasteiger partial charge in [0, 0.05) is 16.0 Å². The Morgan fingerprint density at radius 3 is 2.59 bits per heavy atom. The number of aromatic nitrogens is 4. The Morgan fingerprint density at radius 1 is 1.09 bits per heavy atom. The number of benzene rings is 2. The lowest BCUT2D eigenvalue weighted by Gasteiger charge is -2.21. The number of halogens is 1. The first kappa shape index (κ1) is 22.0. The van der Waals surface area contributed by atoms with E-state index in [9.17, 15) is 4.39 Å². The van der Waals surface area contributed by atoms with E-state index >= 15 is 0 Å². The maximum absolute atomic E-state index is 13.8. The van der Waals surface area contributed by atoms with Gasteiger partial charge in [-0.2, -0.15) is 4.80 Å². The highest BCUT2D eigenvalue weighted by molar-refractivity contribution is 7.19. The Kier molecular flexibility index (Phi) is 5.98. The first-order valence-electron chi connectivity index (χ1n) is 10.9. The monoisotopic (exact) mass is 474 g/mol. The first-order chi connectivity index (χ1) is 16.5. The number of methoxy groups -OCH3 is 1. The van der Waals surface area contributed by atoms with Crippen molar-refractivity contribution in [3.63, 3.8) is 0 Å². The molecule has 5 rings (SSSR count). The van der Waals surface area contributed by atoms with E-state index in [1.54, 1.807) is 31.6 Å². The Labute approximate surface area is 200 Å². The Bertz CT molecular complexity index is 1420. The Balaban J connectivity index is 1.46. The van der Waals surface area contributed by atoms with Crippen molar-refractivity contribution in [2.75, 3.05) is 7.11 Å². The Hall–Kier alpha value is -3.78. The summed E-state index contributed by atoms with van der Waals surface area (Å²) in [6.07, 6.45) is 8.85. The van der Waals surface area contributed by atoms with Crippen LogP contribution in [0, 0.1) is 5.92 Å². The number of fused-ring (bicyclic) bond motifs is 1. The van der Waals surface area contributed by atoms with Gasteiger partial charge >= 0.3 is 0 Å². The van der Waals surface area contributed by atoms with E-state index in [2.05, 4.69) is 15.4 Å². The molecule has 0 bridgehead atoms. The molecule has 0 amide bonds. The number of aryl methyl sites for hydroxylation is 1. The van der Waals surface area contributed by atoms with Crippen molar-refractivity contribution >= 4 is 33.6 Å². The minimum atomic E-state index is -0.200. The summed E-state index contributed by atoms with van der Waals surface area (Å²) in [6, 6.07) is 13.8. The number of hydrogen-bond donors (Lipinski definition) is 0. The summed E-state index contributed by atoms with van der Waals surface area (Å²) in [4.78, 5) is 2.48. The summed E-state index contributed by atoms with van der Waals surface area (Å²) in [5.74, 6) is 2.71. The lowest BCUT2D eigenvalue weighted by molar-refractivity contribution is 0.415. The molecule has 0 aliphatic heterocycles. The van der Waals surface area contributed by atoms with Crippen LogP contribution in [0.2, 0.25) is 0 Å². The van der Waals surface area contributed by atoms with Crippen LogP contribution >= 0.6 is 11.3 Å². The van der Waals surface area contributed by atoms with Crippen molar-refractivity contribution < 1.29 is 13.9 Å². The topological polar surface area (TPSA) is 62.1 Å². The third-order valence-corrected chi connectivity index (χ3v) is 6.92. The molecule has 172 valence electrons. The smallest absolute Gasteiger partial charge is 0.197 e. The van der Waals surface area contributed by atoms with Crippen LogP contribution in [-0.4, -0.2) is 27.3 Å². The van der Waals surface area contributed by atoms with Gasteiger partial charge in [-0.1, -0.05) is 31.2 Å². The van der Waals surface area contributed by atoms with Gasteiger partial charge < -0.3 is 9.47 Å². The van der Waals surface area contributed by atoms with Crippen LogP contribution in [0.15, 0.2) is 66.5 Å². The number of nitrogens with zero attached hydrogens (tertiary/aromatic N) is 4. The molecule has 2 atom stereocenters. The van der Waals surface area contributed by atoms with Crippen molar-refractivity contribution in [1.29, 1.82) is 0 Å². The number of hydrogen-bond acceptors (Lipinski definition) is 6. The van der Waals surface area contributed by atoms with Gasteiger partial charge in [0.05, 0.1) is 19.0 Å². The summed E-state index contributed by atoms with van der Waals surface area (Å²) in [5.41, 5.74) is 0.990. The molecule has 6 nitrogen and oxygen atoms in total. The highest BCUT2D eigenvalue weighted by atomic mass is 32.1. The molecule has 2 aromatic carbocycles. The van der Waals surface area contributed by atoms with E-state index in [0.29, 0.717) is 5.82 Å². The van der Waals surface area contributed by atoms with Gasteiger partial charge in [-0.05, 0) is 65.3 Å². The summed E-state index contributed by atoms with van der Waals surface area (Å²) < 4.78 is 26.7. The van der Waals surface area contributed by atoms with Crippen molar-refractivity contribution in [2.24, 2.45) is 13.0 Å². The van der Waals surface area contributed by atoms with E-state index < -0.39 is 0 Å². The van der Waals surface area contributed by atoms with Gasteiger partial charge in [-0.25, -0.2) is 4.39 Å². The standard InChI is InChI=1S/C26H23FN4O2S/c1-16-14-18(27)7-11-21(16)26-25(22-12-10-20(32-3)15-23(22)34-26)33-19-8-4-17(5-9-19)6-13-24-28-30-31(2)29-24/h4-16,21H,1-3H3/b13-6+. The van der Waals surface area contributed by atoms with Gasteiger partial charge in [0.25, 0.3) is 0 Å².